The molecule has 0 bridgehead atoms. The standard InChI is InChI=1S/C11H15NO3/c13-9-4-1-3-8(9)7-12-11(14)10-5-2-6-15-10/h2,5-6,8-9,13H,1,3-4,7H2,(H,12,14). The van der Waals surface area contributed by atoms with E-state index in [1.165, 1.54) is 6.26 Å². The molecule has 1 amide bonds. The van der Waals surface area contributed by atoms with Crippen molar-refractivity contribution in [2.24, 2.45) is 5.92 Å². The third-order valence-electron chi connectivity index (χ3n) is 2.89. The first-order valence-electron chi connectivity index (χ1n) is 5.27. The fraction of sp³-hybridized carbons (Fsp3) is 0.545. The maximum absolute atomic E-state index is 11.5. The summed E-state index contributed by atoms with van der Waals surface area (Å²) < 4.78 is 4.96. The van der Waals surface area contributed by atoms with Crippen molar-refractivity contribution < 1.29 is 14.3 Å². The van der Waals surface area contributed by atoms with Gasteiger partial charge in [-0.25, -0.2) is 0 Å². The number of nitrogens with one attached hydrogen (secondary N) is 1. The van der Waals surface area contributed by atoms with Gasteiger partial charge in [-0.1, -0.05) is 6.42 Å². The Morgan fingerprint density at radius 1 is 1.60 bits per heavy atom. The lowest BCUT2D eigenvalue weighted by molar-refractivity contribution is 0.0890. The van der Waals surface area contributed by atoms with E-state index in [-0.39, 0.29) is 17.9 Å². The molecule has 4 nitrogen and oxygen atoms in total. The van der Waals surface area contributed by atoms with Crippen LogP contribution in [0.5, 0.6) is 0 Å². The molecule has 1 aliphatic carbocycles. The molecule has 1 fully saturated rings. The molecule has 2 unspecified atom stereocenters. The molecule has 1 heterocycles. The highest BCUT2D eigenvalue weighted by atomic mass is 16.3. The van der Waals surface area contributed by atoms with Gasteiger partial charge in [0.05, 0.1) is 12.4 Å². The summed E-state index contributed by atoms with van der Waals surface area (Å²) in [6.07, 6.45) is 4.09. The second kappa shape index (κ2) is 4.49. The summed E-state index contributed by atoms with van der Waals surface area (Å²) in [6, 6.07) is 3.31. The molecule has 0 saturated heterocycles. The van der Waals surface area contributed by atoms with Crippen LogP contribution in [0.25, 0.3) is 0 Å². The molecule has 4 heteroatoms. The van der Waals surface area contributed by atoms with Gasteiger partial charge in [0, 0.05) is 12.5 Å². The summed E-state index contributed by atoms with van der Waals surface area (Å²) in [7, 11) is 0. The summed E-state index contributed by atoms with van der Waals surface area (Å²) in [5, 5.41) is 12.3. The minimum atomic E-state index is -0.262. The first-order valence-corrected chi connectivity index (χ1v) is 5.27. The van der Waals surface area contributed by atoms with E-state index in [0.29, 0.717) is 12.3 Å². The zero-order valence-electron chi connectivity index (χ0n) is 8.48. The van der Waals surface area contributed by atoms with Gasteiger partial charge < -0.3 is 14.8 Å². The third kappa shape index (κ3) is 2.39. The van der Waals surface area contributed by atoms with Crippen molar-refractivity contribution in [1.29, 1.82) is 0 Å². The van der Waals surface area contributed by atoms with Crippen LogP contribution >= 0.6 is 0 Å². The van der Waals surface area contributed by atoms with Gasteiger partial charge in [0.15, 0.2) is 5.76 Å². The molecular formula is C11H15NO3. The van der Waals surface area contributed by atoms with Crippen LogP contribution in [0.3, 0.4) is 0 Å². The van der Waals surface area contributed by atoms with Crippen molar-refractivity contribution in [2.75, 3.05) is 6.54 Å². The van der Waals surface area contributed by atoms with Gasteiger partial charge in [-0.2, -0.15) is 0 Å². The highest BCUT2D eigenvalue weighted by Gasteiger charge is 2.25. The Labute approximate surface area is 88.3 Å². The van der Waals surface area contributed by atoms with Crippen molar-refractivity contribution in [3.8, 4) is 0 Å². The maximum Gasteiger partial charge on any atom is 0.286 e. The molecule has 2 atom stereocenters. The highest BCUT2D eigenvalue weighted by molar-refractivity contribution is 5.91. The third-order valence-corrected chi connectivity index (χ3v) is 2.89. The topological polar surface area (TPSA) is 62.5 Å². The minimum Gasteiger partial charge on any atom is -0.459 e. The van der Waals surface area contributed by atoms with E-state index in [0.717, 1.165) is 19.3 Å². The number of carbonyl (C=O) groups is 1. The Morgan fingerprint density at radius 2 is 2.47 bits per heavy atom. The quantitative estimate of drug-likeness (QED) is 0.785. The largest absolute Gasteiger partial charge is 0.459 e. The van der Waals surface area contributed by atoms with E-state index in [4.69, 9.17) is 4.42 Å². The van der Waals surface area contributed by atoms with Crippen LogP contribution in [0.15, 0.2) is 22.8 Å². The maximum atomic E-state index is 11.5. The molecule has 0 radical (unpaired) electrons. The van der Waals surface area contributed by atoms with E-state index in [9.17, 15) is 9.90 Å². The SMILES string of the molecule is O=C(NCC1CCCC1O)c1ccco1. The molecule has 1 saturated carbocycles. The second-order valence-electron chi connectivity index (χ2n) is 3.95. The van der Waals surface area contributed by atoms with E-state index in [2.05, 4.69) is 5.32 Å². The number of aliphatic hydroxyl groups is 1. The number of hydrogen-bond donors (Lipinski definition) is 2. The zero-order chi connectivity index (χ0) is 10.7. The van der Waals surface area contributed by atoms with Gasteiger partial charge in [0.25, 0.3) is 5.91 Å². The smallest absolute Gasteiger partial charge is 0.286 e. The second-order valence-corrected chi connectivity index (χ2v) is 3.95. The Balaban J connectivity index is 1.81. The molecular weight excluding hydrogens is 194 g/mol. The van der Waals surface area contributed by atoms with Gasteiger partial charge in [0.1, 0.15) is 0 Å². The van der Waals surface area contributed by atoms with Crippen LogP contribution < -0.4 is 5.32 Å². The molecule has 0 spiro atoms. The number of furan rings is 1. The Hall–Kier alpha value is -1.29. The molecule has 0 aromatic carbocycles. The van der Waals surface area contributed by atoms with Crippen molar-refractivity contribution in [3.63, 3.8) is 0 Å². The summed E-state index contributed by atoms with van der Waals surface area (Å²) in [5.41, 5.74) is 0. The van der Waals surface area contributed by atoms with Crippen molar-refractivity contribution in [3.05, 3.63) is 24.2 Å². The Kier molecular flexibility index (Phi) is 3.06. The first kappa shape index (κ1) is 10.2. The average molecular weight is 209 g/mol. The lowest BCUT2D eigenvalue weighted by atomic mass is 10.1. The molecule has 2 rings (SSSR count). The number of amides is 1. The van der Waals surface area contributed by atoms with Gasteiger partial charge in [-0.15, -0.1) is 0 Å². The zero-order valence-corrected chi connectivity index (χ0v) is 8.48. The van der Waals surface area contributed by atoms with E-state index in [1.807, 2.05) is 0 Å². The van der Waals surface area contributed by atoms with Gasteiger partial charge in [0.2, 0.25) is 0 Å². The summed E-state index contributed by atoms with van der Waals surface area (Å²) in [4.78, 5) is 11.5. The van der Waals surface area contributed by atoms with Crippen molar-refractivity contribution in [1.82, 2.24) is 5.32 Å². The van der Waals surface area contributed by atoms with Crippen LogP contribution in [-0.4, -0.2) is 23.7 Å². The summed E-state index contributed by atoms with van der Waals surface area (Å²) >= 11 is 0. The summed E-state index contributed by atoms with van der Waals surface area (Å²) in [5.74, 6) is 0.311. The van der Waals surface area contributed by atoms with Gasteiger partial charge in [-0.3, -0.25) is 4.79 Å². The number of hydrogen-bond acceptors (Lipinski definition) is 3. The van der Waals surface area contributed by atoms with Crippen LogP contribution in [-0.2, 0) is 0 Å². The predicted octanol–water partition coefficient (Wildman–Crippen LogP) is 1.17. The van der Waals surface area contributed by atoms with Crippen molar-refractivity contribution >= 4 is 5.91 Å². The fourth-order valence-corrected chi connectivity index (χ4v) is 1.97. The normalized spacial score (nSPS) is 25.4. The highest BCUT2D eigenvalue weighted by Crippen LogP contribution is 2.24. The van der Waals surface area contributed by atoms with E-state index in [1.54, 1.807) is 12.1 Å². The first-order chi connectivity index (χ1) is 7.27. The average Bonchev–Trinajstić information content (AvgIpc) is 2.85. The summed E-state index contributed by atoms with van der Waals surface area (Å²) in [6.45, 7) is 0.528. The van der Waals surface area contributed by atoms with Crippen LogP contribution in [0.2, 0.25) is 0 Å². The lowest BCUT2D eigenvalue weighted by Crippen LogP contribution is -2.32. The van der Waals surface area contributed by atoms with Crippen LogP contribution in [0, 0.1) is 5.92 Å². The van der Waals surface area contributed by atoms with Crippen LogP contribution in [0.4, 0.5) is 0 Å². The number of rotatable bonds is 3. The molecule has 15 heavy (non-hydrogen) atoms. The molecule has 1 aliphatic rings. The monoisotopic (exact) mass is 209 g/mol. The number of carbonyl (C=O) groups excluding carboxylic acids is 1. The molecule has 82 valence electrons. The van der Waals surface area contributed by atoms with Gasteiger partial charge in [-0.05, 0) is 25.0 Å². The van der Waals surface area contributed by atoms with E-state index >= 15 is 0 Å². The Morgan fingerprint density at radius 3 is 3.07 bits per heavy atom. The molecule has 0 aliphatic heterocycles. The Bertz CT molecular complexity index is 321. The molecule has 1 aromatic rings. The van der Waals surface area contributed by atoms with Gasteiger partial charge >= 0.3 is 0 Å². The van der Waals surface area contributed by atoms with E-state index < -0.39 is 0 Å². The van der Waals surface area contributed by atoms with Crippen molar-refractivity contribution in [2.45, 2.75) is 25.4 Å². The molecule has 1 aromatic heterocycles. The lowest BCUT2D eigenvalue weighted by Gasteiger charge is -2.14. The van der Waals surface area contributed by atoms with Crippen LogP contribution in [0.1, 0.15) is 29.8 Å². The fourth-order valence-electron chi connectivity index (χ4n) is 1.97. The predicted molar refractivity (Wildman–Crippen MR) is 54.4 cm³/mol. The number of aliphatic hydroxyl groups excluding tert-OH is 1. The minimum absolute atomic E-state index is 0.198. The molecule has 2 N–H and O–H groups in total.